The number of aromatic nitrogens is 2. The highest BCUT2D eigenvalue weighted by molar-refractivity contribution is 5.79. The standard InChI is InChI=1S/C28H30N2O4/c1-20(2)23-8-5-7-11-26(23)34-19-18-33-17-16-30-27(21-12-14-22(32-3)15-13-21)29-25-10-6-4-9-24(25)28(30)31/h4-15,20H,16-19H2,1-3H3. The molecule has 0 saturated carbocycles. The minimum Gasteiger partial charge on any atom is -0.497 e. The second kappa shape index (κ2) is 11.0. The summed E-state index contributed by atoms with van der Waals surface area (Å²) in [6.07, 6.45) is 0. The van der Waals surface area contributed by atoms with Crippen LogP contribution in [-0.2, 0) is 11.3 Å². The van der Waals surface area contributed by atoms with Gasteiger partial charge in [0.05, 0.1) is 37.8 Å². The van der Waals surface area contributed by atoms with Gasteiger partial charge in [-0.05, 0) is 53.9 Å². The molecule has 6 heteroatoms. The van der Waals surface area contributed by atoms with Crippen LogP contribution in [0.25, 0.3) is 22.3 Å². The first-order valence-electron chi connectivity index (χ1n) is 11.5. The van der Waals surface area contributed by atoms with Crippen molar-refractivity contribution in [2.75, 3.05) is 26.9 Å². The van der Waals surface area contributed by atoms with Gasteiger partial charge in [-0.2, -0.15) is 0 Å². The van der Waals surface area contributed by atoms with E-state index in [2.05, 4.69) is 19.9 Å². The molecule has 1 aromatic heterocycles. The molecule has 176 valence electrons. The van der Waals surface area contributed by atoms with Gasteiger partial charge in [-0.3, -0.25) is 9.36 Å². The molecule has 0 atom stereocenters. The molecule has 0 aliphatic carbocycles. The minimum atomic E-state index is -0.0814. The highest BCUT2D eigenvalue weighted by Crippen LogP contribution is 2.26. The van der Waals surface area contributed by atoms with E-state index in [1.165, 1.54) is 5.56 Å². The lowest BCUT2D eigenvalue weighted by molar-refractivity contribution is 0.0937. The number of nitrogens with zero attached hydrogens (tertiary/aromatic N) is 2. The van der Waals surface area contributed by atoms with Gasteiger partial charge in [-0.25, -0.2) is 4.98 Å². The van der Waals surface area contributed by atoms with E-state index in [1.54, 1.807) is 17.7 Å². The zero-order valence-corrected chi connectivity index (χ0v) is 19.9. The third kappa shape index (κ3) is 5.29. The summed E-state index contributed by atoms with van der Waals surface area (Å²) in [5.74, 6) is 2.64. The molecule has 0 aliphatic heterocycles. The van der Waals surface area contributed by atoms with E-state index < -0.39 is 0 Å². The van der Waals surface area contributed by atoms with Crippen molar-refractivity contribution in [2.24, 2.45) is 0 Å². The summed E-state index contributed by atoms with van der Waals surface area (Å²) in [5.41, 5.74) is 2.62. The van der Waals surface area contributed by atoms with Gasteiger partial charge in [-0.15, -0.1) is 0 Å². The normalized spacial score (nSPS) is 11.2. The van der Waals surface area contributed by atoms with Gasteiger partial charge in [-0.1, -0.05) is 44.2 Å². The molecule has 0 N–H and O–H groups in total. The molecule has 0 spiro atoms. The van der Waals surface area contributed by atoms with E-state index in [-0.39, 0.29) is 5.56 Å². The maximum absolute atomic E-state index is 13.3. The maximum Gasteiger partial charge on any atom is 0.261 e. The van der Waals surface area contributed by atoms with Gasteiger partial charge in [0.15, 0.2) is 0 Å². The van der Waals surface area contributed by atoms with Crippen LogP contribution in [0.3, 0.4) is 0 Å². The van der Waals surface area contributed by atoms with Crippen LogP contribution in [0.2, 0.25) is 0 Å². The van der Waals surface area contributed by atoms with E-state index >= 15 is 0 Å². The third-order valence-corrected chi connectivity index (χ3v) is 5.70. The molecule has 4 rings (SSSR count). The number of para-hydroxylation sites is 2. The van der Waals surface area contributed by atoms with Crippen LogP contribution < -0.4 is 15.0 Å². The Balaban J connectivity index is 1.46. The van der Waals surface area contributed by atoms with Crippen LogP contribution in [-0.4, -0.2) is 36.5 Å². The maximum atomic E-state index is 13.3. The first-order chi connectivity index (χ1) is 16.6. The van der Waals surface area contributed by atoms with Gasteiger partial charge >= 0.3 is 0 Å². The SMILES string of the molecule is COc1ccc(-c2nc3ccccc3c(=O)n2CCOCCOc2ccccc2C(C)C)cc1. The Kier molecular flexibility index (Phi) is 7.60. The summed E-state index contributed by atoms with van der Waals surface area (Å²) < 4.78 is 18.7. The van der Waals surface area contributed by atoms with Crippen molar-refractivity contribution in [3.05, 3.63) is 88.7 Å². The number of hydrogen-bond acceptors (Lipinski definition) is 5. The van der Waals surface area contributed by atoms with E-state index in [4.69, 9.17) is 19.2 Å². The Hall–Kier alpha value is -3.64. The van der Waals surface area contributed by atoms with E-state index in [0.717, 1.165) is 17.1 Å². The van der Waals surface area contributed by atoms with Gasteiger partial charge in [0.25, 0.3) is 5.56 Å². The zero-order chi connectivity index (χ0) is 23.9. The topological polar surface area (TPSA) is 62.6 Å². The molecule has 34 heavy (non-hydrogen) atoms. The number of rotatable bonds is 10. The molecule has 0 aliphatic rings. The van der Waals surface area contributed by atoms with Crippen molar-refractivity contribution >= 4 is 10.9 Å². The molecule has 4 aromatic rings. The number of hydrogen-bond donors (Lipinski definition) is 0. The van der Waals surface area contributed by atoms with Crippen molar-refractivity contribution in [1.29, 1.82) is 0 Å². The molecule has 0 saturated heterocycles. The van der Waals surface area contributed by atoms with Crippen LogP contribution in [0.1, 0.15) is 25.3 Å². The van der Waals surface area contributed by atoms with Gasteiger partial charge in [0.2, 0.25) is 0 Å². The summed E-state index contributed by atoms with van der Waals surface area (Å²) in [6, 6.07) is 23.0. The van der Waals surface area contributed by atoms with Crippen LogP contribution in [0.5, 0.6) is 11.5 Å². The number of methoxy groups -OCH3 is 1. The van der Waals surface area contributed by atoms with Crippen LogP contribution in [0, 0.1) is 0 Å². The first kappa shape index (κ1) is 23.5. The molecule has 1 heterocycles. The fraction of sp³-hybridized carbons (Fsp3) is 0.286. The van der Waals surface area contributed by atoms with Crippen molar-refractivity contribution in [3.63, 3.8) is 0 Å². The summed E-state index contributed by atoms with van der Waals surface area (Å²) in [7, 11) is 1.63. The second-order valence-electron chi connectivity index (χ2n) is 8.29. The summed E-state index contributed by atoms with van der Waals surface area (Å²) in [6.45, 7) is 5.93. The lowest BCUT2D eigenvalue weighted by atomic mass is 10.0. The number of ether oxygens (including phenoxy) is 3. The van der Waals surface area contributed by atoms with Crippen molar-refractivity contribution < 1.29 is 14.2 Å². The van der Waals surface area contributed by atoms with E-state index in [9.17, 15) is 4.79 Å². The largest absolute Gasteiger partial charge is 0.497 e. The summed E-state index contributed by atoms with van der Waals surface area (Å²) in [4.78, 5) is 18.1. The van der Waals surface area contributed by atoms with Gasteiger partial charge in [0.1, 0.15) is 23.9 Å². The highest BCUT2D eigenvalue weighted by Gasteiger charge is 2.13. The average Bonchev–Trinajstić information content (AvgIpc) is 2.87. The van der Waals surface area contributed by atoms with E-state index in [0.29, 0.717) is 49.0 Å². The molecule has 3 aromatic carbocycles. The van der Waals surface area contributed by atoms with Gasteiger partial charge in [0, 0.05) is 5.56 Å². The average molecular weight is 459 g/mol. The monoisotopic (exact) mass is 458 g/mol. The number of benzene rings is 3. The summed E-state index contributed by atoms with van der Waals surface area (Å²) in [5, 5.41) is 0.591. The van der Waals surface area contributed by atoms with Crippen LogP contribution in [0.15, 0.2) is 77.6 Å². The molecule has 0 amide bonds. The molecular weight excluding hydrogens is 428 g/mol. The van der Waals surface area contributed by atoms with E-state index in [1.807, 2.05) is 60.7 Å². The van der Waals surface area contributed by atoms with Crippen molar-refractivity contribution in [3.8, 4) is 22.9 Å². The third-order valence-electron chi connectivity index (χ3n) is 5.70. The van der Waals surface area contributed by atoms with Crippen LogP contribution in [0.4, 0.5) is 0 Å². The number of fused-ring (bicyclic) bond motifs is 1. The minimum absolute atomic E-state index is 0.0814. The lowest BCUT2D eigenvalue weighted by Gasteiger charge is -2.15. The van der Waals surface area contributed by atoms with Crippen molar-refractivity contribution in [2.45, 2.75) is 26.3 Å². The lowest BCUT2D eigenvalue weighted by Crippen LogP contribution is -2.26. The Morgan fingerprint density at radius 1 is 0.882 bits per heavy atom. The van der Waals surface area contributed by atoms with Crippen molar-refractivity contribution in [1.82, 2.24) is 9.55 Å². The Labute approximate surface area is 199 Å². The Bertz CT molecular complexity index is 1300. The molecular formula is C28H30N2O4. The molecule has 0 bridgehead atoms. The molecule has 0 unspecified atom stereocenters. The second-order valence-corrected chi connectivity index (χ2v) is 8.29. The Morgan fingerprint density at radius 2 is 1.62 bits per heavy atom. The first-order valence-corrected chi connectivity index (χ1v) is 11.5. The molecule has 6 nitrogen and oxygen atoms in total. The summed E-state index contributed by atoms with van der Waals surface area (Å²) >= 11 is 0. The Morgan fingerprint density at radius 3 is 2.38 bits per heavy atom. The van der Waals surface area contributed by atoms with Gasteiger partial charge < -0.3 is 14.2 Å². The fourth-order valence-corrected chi connectivity index (χ4v) is 3.89. The molecule has 0 radical (unpaired) electrons. The predicted octanol–water partition coefficient (Wildman–Crippen LogP) is 5.29. The zero-order valence-electron chi connectivity index (χ0n) is 19.9. The quantitative estimate of drug-likeness (QED) is 0.302. The highest BCUT2D eigenvalue weighted by atomic mass is 16.5. The molecule has 0 fully saturated rings. The smallest absolute Gasteiger partial charge is 0.261 e. The predicted molar refractivity (Wildman–Crippen MR) is 135 cm³/mol. The van der Waals surface area contributed by atoms with Crippen LogP contribution >= 0.6 is 0 Å². The fourth-order valence-electron chi connectivity index (χ4n) is 3.89.